The minimum Gasteiger partial charge on any atom is -0.348 e. The lowest BCUT2D eigenvalue weighted by Gasteiger charge is -2.10. The largest absolute Gasteiger partial charge is 0.348 e. The number of rotatable bonds is 6. The summed E-state index contributed by atoms with van der Waals surface area (Å²) in [6.07, 6.45) is 3.08. The molecule has 9 heteroatoms. The molecule has 0 aliphatic heterocycles. The molecule has 4 aromatic rings. The molecule has 0 unspecified atom stereocenters. The Kier molecular flexibility index (Phi) is 6.30. The summed E-state index contributed by atoms with van der Waals surface area (Å²) in [7, 11) is 0. The quantitative estimate of drug-likeness (QED) is 0.305. The van der Waals surface area contributed by atoms with Gasteiger partial charge in [-0.05, 0) is 42.0 Å². The molecule has 5 nitrogen and oxygen atoms in total. The zero-order chi connectivity index (χ0) is 23.4. The molecule has 4 rings (SSSR count). The van der Waals surface area contributed by atoms with Gasteiger partial charge in [0.15, 0.2) is 17.5 Å². The van der Waals surface area contributed by atoms with Crippen LogP contribution in [0.1, 0.15) is 15.9 Å². The lowest BCUT2D eigenvalue weighted by molar-refractivity contribution is 0.0950. The predicted octanol–water partition coefficient (Wildman–Crippen LogP) is 5.37. The van der Waals surface area contributed by atoms with Gasteiger partial charge in [-0.3, -0.25) is 4.79 Å². The van der Waals surface area contributed by atoms with E-state index in [1.165, 1.54) is 36.7 Å². The van der Waals surface area contributed by atoms with Crippen LogP contribution < -0.4 is 10.6 Å². The van der Waals surface area contributed by atoms with Crippen molar-refractivity contribution in [3.63, 3.8) is 0 Å². The molecule has 0 radical (unpaired) electrons. The lowest BCUT2D eigenvalue weighted by atomic mass is 10.1. The van der Waals surface area contributed by atoms with Gasteiger partial charge in [0.05, 0.1) is 0 Å². The Morgan fingerprint density at radius 1 is 0.818 bits per heavy atom. The van der Waals surface area contributed by atoms with Crippen LogP contribution >= 0.6 is 0 Å². The Hall–Kier alpha value is -4.27. The number of hydrogen-bond acceptors (Lipinski definition) is 4. The minimum absolute atomic E-state index is 0.177. The SMILES string of the molecule is O=C(NCc1ccc(F)c(F)c1F)c1cccc(Nc2ncc(-c3cccc(F)c3)cn2)c1. The van der Waals surface area contributed by atoms with E-state index in [0.717, 1.165) is 12.1 Å². The Bertz CT molecular complexity index is 1310. The number of nitrogens with one attached hydrogen (secondary N) is 2. The van der Waals surface area contributed by atoms with E-state index in [1.807, 2.05) is 0 Å². The summed E-state index contributed by atoms with van der Waals surface area (Å²) in [4.78, 5) is 20.8. The van der Waals surface area contributed by atoms with Gasteiger partial charge in [-0.15, -0.1) is 0 Å². The third-order valence-electron chi connectivity index (χ3n) is 4.75. The van der Waals surface area contributed by atoms with Crippen LogP contribution in [0.2, 0.25) is 0 Å². The maximum absolute atomic E-state index is 13.8. The van der Waals surface area contributed by atoms with E-state index in [0.29, 0.717) is 16.8 Å². The molecule has 1 heterocycles. The molecule has 0 aliphatic rings. The van der Waals surface area contributed by atoms with Gasteiger partial charge in [0.1, 0.15) is 5.82 Å². The van der Waals surface area contributed by atoms with E-state index in [9.17, 15) is 22.4 Å². The maximum atomic E-state index is 13.8. The average Bonchev–Trinajstić information content (AvgIpc) is 2.82. The molecule has 0 atom stereocenters. The van der Waals surface area contributed by atoms with E-state index in [2.05, 4.69) is 20.6 Å². The molecule has 0 aliphatic carbocycles. The molecule has 0 saturated carbocycles. The first-order valence-electron chi connectivity index (χ1n) is 9.76. The van der Waals surface area contributed by atoms with Gasteiger partial charge in [-0.1, -0.05) is 24.3 Å². The van der Waals surface area contributed by atoms with Crippen LogP contribution in [0, 0.1) is 23.3 Å². The highest BCUT2D eigenvalue weighted by Gasteiger charge is 2.14. The van der Waals surface area contributed by atoms with Crippen molar-refractivity contribution in [2.24, 2.45) is 0 Å². The fourth-order valence-corrected chi connectivity index (χ4v) is 3.06. The Labute approximate surface area is 186 Å². The Morgan fingerprint density at radius 2 is 1.58 bits per heavy atom. The van der Waals surface area contributed by atoms with Gasteiger partial charge in [0, 0.05) is 41.3 Å². The number of hydrogen-bond donors (Lipinski definition) is 2. The van der Waals surface area contributed by atoms with Crippen molar-refractivity contribution in [1.82, 2.24) is 15.3 Å². The first kappa shape index (κ1) is 21.9. The topological polar surface area (TPSA) is 66.9 Å². The van der Waals surface area contributed by atoms with E-state index >= 15 is 0 Å². The Balaban J connectivity index is 1.42. The van der Waals surface area contributed by atoms with Crippen molar-refractivity contribution in [2.45, 2.75) is 6.54 Å². The predicted molar refractivity (Wildman–Crippen MR) is 115 cm³/mol. The number of carbonyl (C=O) groups excluding carboxylic acids is 1. The molecule has 0 saturated heterocycles. The molecule has 1 amide bonds. The van der Waals surface area contributed by atoms with E-state index < -0.39 is 23.4 Å². The number of amides is 1. The first-order chi connectivity index (χ1) is 15.9. The van der Waals surface area contributed by atoms with Crippen molar-refractivity contribution >= 4 is 17.5 Å². The third kappa shape index (κ3) is 5.15. The molecule has 0 spiro atoms. The van der Waals surface area contributed by atoms with Crippen molar-refractivity contribution in [3.05, 3.63) is 107 Å². The summed E-state index contributed by atoms with van der Waals surface area (Å²) >= 11 is 0. The molecule has 3 aromatic carbocycles. The van der Waals surface area contributed by atoms with Crippen LogP contribution in [-0.2, 0) is 6.54 Å². The average molecular weight is 452 g/mol. The molecule has 2 N–H and O–H groups in total. The summed E-state index contributed by atoms with van der Waals surface area (Å²) in [5.74, 6) is -4.87. The zero-order valence-corrected chi connectivity index (χ0v) is 16.9. The van der Waals surface area contributed by atoms with Crippen LogP contribution in [0.4, 0.5) is 29.2 Å². The Morgan fingerprint density at radius 3 is 2.33 bits per heavy atom. The lowest BCUT2D eigenvalue weighted by Crippen LogP contribution is -2.23. The second-order valence-electron chi connectivity index (χ2n) is 7.03. The molecule has 166 valence electrons. The molecule has 33 heavy (non-hydrogen) atoms. The summed E-state index contributed by atoms with van der Waals surface area (Å²) in [5, 5.41) is 5.42. The maximum Gasteiger partial charge on any atom is 0.251 e. The van der Waals surface area contributed by atoms with Crippen LogP contribution in [0.15, 0.2) is 73.1 Å². The van der Waals surface area contributed by atoms with Crippen LogP contribution in [-0.4, -0.2) is 15.9 Å². The summed E-state index contributed by atoms with van der Waals surface area (Å²) in [6.45, 7) is -0.315. The van der Waals surface area contributed by atoms with Crippen molar-refractivity contribution in [2.75, 3.05) is 5.32 Å². The van der Waals surface area contributed by atoms with Crippen molar-refractivity contribution in [3.8, 4) is 11.1 Å². The number of aromatic nitrogens is 2. The monoisotopic (exact) mass is 452 g/mol. The number of benzene rings is 3. The summed E-state index contributed by atoms with van der Waals surface area (Å²) in [5.41, 5.74) is 1.86. The van der Waals surface area contributed by atoms with E-state index in [4.69, 9.17) is 0 Å². The smallest absolute Gasteiger partial charge is 0.251 e. The molecule has 1 aromatic heterocycles. The van der Waals surface area contributed by atoms with Crippen LogP contribution in [0.5, 0.6) is 0 Å². The first-order valence-corrected chi connectivity index (χ1v) is 9.76. The van der Waals surface area contributed by atoms with Crippen LogP contribution in [0.3, 0.4) is 0 Å². The van der Waals surface area contributed by atoms with Gasteiger partial charge in [0.2, 0.25) is 5.95 Å². The standard InChI is InChI=1S/C24H16F4N4O/c25-18-5-1-3-14(9-18)17-12-30-24(31-13-17)32-19-6-2-4-15(10-19)23(33)29-11-16-7-8-20(26)22(28)21(16)27/h1-10,12-13H,11H2,(H,29,33)(H,30,31,32). The van der Waals surface area contributed by atoms with Gasteiger partial charge in [-0.2, -0.15) is 0 Å². The summed E-state index contributed by atoms with van der Waals surface area (Å²) in [6, 6.07) is 14.3. The second kappa shape index (κ2) is 9.47. The zero-order valence-electron chi connectivity index (χ0n) is 16.9. The number of anilines is 2. The second-order valence-corrected chi connectivity index (χ2v) is 7.03. The van der Waals surface area contributed by atoms with Gasteiger partial charge < -0.3 is 10.6 Å². The number of carbonyl (C=O) groups is 1. The minimum atomic E-state index is -1.59. The van der Waals surface area contributed by atoms with Gasteiger partial charge >= 0.3 is 0 Å². The summed E-state index contributed by atoms with van der Waals surface area (Å²) < 4.78 is 53.5. The third-order valence-corrected chi connectivity index (χ3v) is 4.75. The number of nitrogens with zero attached hydrogens (tertiary/aromatic N) is 2. The molecule has 0 bridgehead atoms. The highest BCUT2D eigenvalue weighted by Crippen LogP contribution is 2.21. The highest BCUT2D eigenvalue weighted by molar-refractivity contribution is 5.95. The molecular formula is C24H16F4N4O. The van der Waals surface area contributed by atoms with Crippen LogP contribution in [0.25, 0.3) is 11.1 Å². The fraction of sp³-hybridized carbons (Fsp3) is 0.0417. The van der Waals surface area contributed by atoms with Gasteiger partial charge in [-0.25, -0.2) is 27.5 Å². The fourth-order valence-electron chi connectivity index (χ4n) is 3.06. The van der Waals surface area contributed by atoms with Gasteiger partial charge in [0.25, 0.3) is 5.91 Å². The van der Waals surface area contributed by atoms with E-state index in [1.54, 1.807) is 24.3 Å². The highest BCUT2D eigenvalue weighted by atomic mass is 19.2. The van der Waals surface area contributed by atoms with E-state index in [-0.39, 0.29) is 29.4 Å². The molecule has 0 fully saturated rings. The van der Waals surface area contributed by atoms with Crippen molar-refractivity contribution < 1.29 is 22.4 Å². The normalized spacial score (nSPS) is 10.7. The number of halogens is 4. The molecular weight excluding hydrogens is 436 g/mol. The van der Waals surface area contributed by atoms with Crippen molar-refractivity contribution in [1.29, 1.82) is 0 Å².